The number of benzene rings is 2. The fourth-order valence-electron chi connectivity index (χ4n) is 5.00. The highest BCUT2D eigenvalue weighted by Gasteiger charge is 2.44. The number of halogens is 2. The van der Waals surface area contributed by atoms with Crippen molar-refractivity contribution in [3.8, 4) is 16.9 Å². The second kappa shape index (κ2) is 8.14. The van der Waals surface area contributed by atoms with Crippen LogP contribution in [-0.2, 0) is 28.5 Å². The maximum absolute atomic E-state index is 14.9. The molecule has 3 aromatic rings. The Morgan fingerprint density at radius 1 is 1.12 bits per heavy atom. The van der Waals surface area contributed by atoms with Gasteiger partial charge < -0.3 is 4.74 Å². The molecule has 5 rings (SSSR count). The molecule has 172 valence electrons. The average Bonchev–Trinajstić information content (AvgIpc) is 3.15. The summed E-state index contributed by atoms with van der Waals surface area (Å²) in [5, 5.41) is 0. The van der Waals surface area contributed by atoms with Crippen molar-refractivity contribution in [2.24, 2.45) is 0 Å². The summed E-state index contributed by atoms with van der Waals surface area (Å²) in [6.45, 7) is -0.00807. The molecule has 1 fully saturated rings. The summed E-state index contributed by atoms with van der Waals surface area (Å²) >= 11 is 0. The van der Waals surface area contributed by atoms with Crippen LogP contribution < -0.4 is 9.46 Å². The van der Waals surface area contributed by atoms with Crippen molar-refractivity contribution >= 4 is 10.0 Å². The van der Waals surface area contributed by atoms with Crippen LogP contribution in [0.3, 0.4) is 0 Å². The lowest BCUT2D eigenvalue weighted by atomic mass is 9.78. The van der Waals surface area contributed by atoms with E-state index in [4.69, 9.17) is 9.72 Å². The number of hydrogen-bond acceptors (Lipinski definition) is 5. The second-order valence-electron chi connectivity index (χ2n) is 8.88. The van der Waals surface area contributed by atoms with E-state index < -0.39 is 27.1 Å². The zero-order chi connectivity index (χ0) is 23.2. The number of hydrogen-bond donors (Lipinski definition) is 1. The Morgan fingerprint density at radius 3 is 2.79 bits per heavy atom. The molecule has 1 spiro atoms. The lowest BCUT2D eigenvalue weighted by Gasteiger charge is -2.29. The minimum absolute atomic E-state index is 0.00807. The molecule has 2 aromatic carbocycles. The van der Waals surface area contributed by atoms with E-state index in [-0.39, 0.29) is 24.0 Å². The average molecular weight is 472 g/mol. The van der Waals surface area contributed by atoms with Gasteiger partial charge in [-0.1, -0.05) is 18.2 Å². The number of rotatable bonds is 2. The van der Waals surface area contributed by atoms with Crippen molar-refractivity contribution in [3.05, 3.63) is 77.4 Å². The van der Waals surface area contributed by atoms with Gasteiger partial charge in [-0.05, 0) is 55.5 Å². The van der Waals surface area contributed by atoms with Crippen LogP contribution in [0.4, 0.5) is 8.78 Å². The van der Waals surface area contributed by atoms with Crippen molar-refractivity contribution < 1.29 is 21.9 Å². The van der Waals surface area contributed by atoms with Gasteiger partial charge in [0.2, 0.25) is 10.0 Å². The maximum atomic E-state index is 14.9. The van der Waals surface area contributed by atoms with E-state index in [2.05, 4.69) is 9.71 Å². The van der Waals surface area contributed by atoms with Gasteiger partial charge in [-0.2, -0.15) is 0 Å². The first-order valence-corrected chi connectivity index (χ1v) is 12.6. The van der Waals surface area contributed by atoms with Crippen LogP contribution in [-0.4, -0.2) is 30.7 Å². The molecular formula is C24H23F2N3O3S. The zero-order valence-electron chi connectivity index (χ0n) is 18.0. The molecule has 1 aliphatic heterocycles. The molecule has 1 N–H and O–H groups in total. The molecule has 2 aliphatic rings. The Balaban J connectivity index is 1.65. The molecule has 6 nitrogen and oxygen atoms in total. The first kappa shape index (κ1) is 21.9. The topological polar surface area (TPSA) is 81.2 Å². The Bertz CT molecular complexity index is 1330. The number of para-hydroxylation sites is 1. The zero-order valence-corrected chi connectivity index (χ0v) is 18.8. The maximum Gasteiger partial charge on any atom is 0.208 e. The van der Waals surface area contributed by atoms with Crippen LogP contribution in [0.1, 0.15) is 36.3 Å². The van der Waals surface area contributed by atoms with Gasteiger partial charge in [-0.15, -0.1) is 0 Å². The molecule has 1 aromatic heterocycles. The number of fused-ring (bicyclic) bond motifs is 7. The van der Waals surface area contributed by atoms with Crippen LogP contribution in [0.2, 0.25) is 0 Å². The molecule has 0 unspecified atom stereocenters. The Labute approximate surface area is 191 Å². The van der Waals surface area contributed by atoms with Crippen LogP contribution in [0.5, 0.6) is 5.75 Å². The minimum Gasteiger partial charge on any atom is -0.484 e. The van der Waals surface area contributed by atoms with Crippen LogP contribution >= 0.6 is 0 Å². The van der Waals surface area contributed by atoms with Gasteiger partial charge in [0.05, 0.1) is 11.9 Å². The molecule has 33 heavy (non-hydrogen) atoms. The van der Waals surface area contributed by atoms with E-state index in [0.29, 0.717) is 42.8 Å². The molecule has 0 radical (unpaired) electrons. The summed E-state index contributed by atoms with van der Waals surface area (Å²) in [5.74, 6) is -0.493. The molecule has 2 atom stereocenters. The van der Waals surface area contributed by atoms with E-state index in [0.717, 1.165) is 11.8 Å². The predicted molar refractivity (Wildman–Crippen MR) is 119 cm³/mol. The molecule has 1 saturated carbocycles. The SMILES string of the molecule is CS(=O)(=O)N[C@H]1CC[C@@]2(Cc3ccc(F)c(c3)-c3cccc(F)c3OCc3ccnc2n3)C1. The van der Waals surface area contributed by atoms with E-state index in [9.17, 15) is 17.2 Å². The first-order valence-electron chi connectivity index (χ1n) is 10.7. The smallest absolute Gasteiger partial charge is 0.208 e. The van der Waals surface area contributed by atoms with Gasteiger partial charge in [0.15, 0.2) is 11.6 Å². The molecule has 4 bridgehead atoms. The standard InChI is InChI=1S/C24H23F2N3O3S/c1-33(30,31)29-16-7-9-24(13-16)12-15-5-6-20(25)19(11-15)18-3-2-4-21(26)22(18)32-14-17-8-10-27-23(24)28-17/h2-6,8,10-11,16,29H,7,9,12-14H2,1H3/t16-,24+/m0/s1. The number of sulfonamides is 1. The molecule has 2 heterocycles. The third kappa shape index (κ3) is 4.35. The van der Waals surface area contributed by atoms with Crippen molar-refractivity contribution in [2.45, 2.75) is 43.7 Å². The van der Waals surface area contributed by atoms with Gasteiger partial charge in [0.1, 0.15) is 18.2 Å². The third-order valence-electron chi connectivity index (χ3n) is 6.37. The number of nitrogens with zero attached hydrogens (tertiary/aromatic N) is 2. The third-order valence-corrected chi connectivity index (χ3v) is 7.13. The molecule has 9 heteroatoms. The van der Waals surface area contributed by atoms with Gasteiger partial charge in [0.25, 0.3) is 0 Å². The van der Waals surface area contributed by atoms with Crippen molar-refractivity contribution in [2.75, 3.05) is 6.26 Å². The largest absolute Gasteiger partial charge is 0.484 e. The summed E-state index contributed by atoms with van der Waals surface area (Å²) in [4.78, 5) is 9.25. The summed E-state index contributed by atoms with van der Waals surface area (Å²) in [7, 11) is -3.37. The van der Waals surface area contributed by atoms with Gasteiger partial charge in [-0.25, -0.2) is 31.9 Å². The van der Waals surface area contributed by atoms with Crippen molar-refractivity contribution in [1.82, 2.24) is 14.7 Å². The van der Waals surface area contributed by atoms with E-state index in [1.54, 1.807) is 30.5 Å². The summed E-state index contributed by atoms with van der Waals surface area (Å²) in [6, 6.07) is 10.7. The van der Waals surface area contributed by atoms with E-state index in [1.165, 1.54) is 18.2 Å². The molecule has 1 aliphatic carbocycles. The molecule has 0 amide bonds. The van der Waals surface area contributed by atoms with Crippen LogP contribution in [0.15, 0.2) is 48.7 Å². The fraction of sp³-hybridized carbons (Fsp3) is 0.333. The number of aromatic nitrogens is 2. The van der Waals surface area contributed by atoms with E-state index >= 15 is 0 Å². The Kier molecular flexibility index (Phi) is 5.41. The summed E-state index contributed by atoms with van der Waals surface area (Å²) in [6.07, 6.45) is 5.11. The van der Waals surface area contributed by atoms with Crippen LogP contribution in [0.25, 0.3) is 11.1 Å². The predicted octanol–water partition coefficient (Wildman–Crippen LogP) is 3.90. The second-order valence-corrected chi connectivity index (χ2v) is 10.7. The van der Waals surface area contributed by atoms with Gasteiger partial charge in [0, 0.05) is 28.8 Å². The number of nitrogens with one attached hydrogen (secondary N) is 1. The molecule has 0 saturated heterocycles. The lowest BCUT2D eigenvalue weighted by molar-refractivity contribution is 0.284. The van der Waals surface area contributed by atoms with Crippen molar-refractivity contribution in [3.63, 3.8) is 0 Å². The summed E-state index contributed by atoms with van der Waals surface area (Å²) < 4.78 is 61.7. The van der Waals surface area contributed by atoms with E-state index in [1.807, 2.05) is 0 Å². The minimum atomic E-state index is -3.37. The monoisotopic (exact) mass is 471 g/mol. The van der Waals surface area contributed by atoms with Crippen LogP contribution in [0, 0.1) is 11.6 Å². The highest BCUT2D eigenvalue weighted by atomic mass is 32.2. The van der Waals surface area contributed by atoms with Gasteiger partial charge >= 0.3 is 0 Å². The normalized spacial score (nSPS) is 22.2. The van der Waals surface area contributed by atoms with Crippen molar-refractivity contribution in [1.29, 1.82) is 0 Å². The first-order chi connectivity index (χ1) is 15.7. The highest BCUT2D eigenvalue weighted by molar-refractivity contribution is 7.88. The quantitative estimate of drug-likeness (QED) is 0.613. The Morgan fingerprint density at radius 2 is 1.97 bits per heavy atom. The highest BCUT2D eigenvalue weighted by Crippen LogP contribution is 2.44. The number of ether oxygens (including phenoxy) is 1. The Hall–Kier alpha value is -2.91. The lowest BCUT2D eigenvalue weighted by Crippen LogP contribution is -2.36. The molecular weight excluding hydrogens is 448 g/mol. The van der Waals surface area contributed by atoms with Gasteiger partial charge in [-0.3, -0.25) is 0 Å². The fourth-order valence-corrected chi connectivity index (χ4v) is 5.80. The summed E-state index contributed by atoms with van der Waals surface area (Å²) in [5.41, 5.74) is 1.46.